The Balaban J connectivity index is 4.01. The second-order valence-electron chi connectivity index (χ2n) is 2.57. The van der Waals surface area contributed by atoms with Crippen LogP contribution in [0, 0.1) is 12.3 Å². The Morgan fingerprint density at radius 3 is 2.62 bits per heavy atom. The molecule has 0 rings (SSSR count). The quantitative estimate of drug-likeness (QED) is 0.593. The van der Waals surface area contributed by atoms with Crippen molar-refractivity contribution in [2.75, 3.05) is 13.6 Å². The number of carbonyl (C=O) groups excluding carboxylic acids is 1. The fourth-order valence-electron chi connectivity index (χ4n) is 0.566. The maximum absolute atomic E-state index is 11.1. The van der Waals surface area contributed by atoms with Gasteiger partial charge in [-0.15, -0.1) is 6.42 Å². The van der Waals surface area contributed by atoms with Gasteiger partial charge in [-0.3, -0.25) is 4.79 Å². The molecule has 0 aromatic rings. The van der Waals surface area contributed by atoms with Crippen molar-refractivity contribution in [3.63, 3.8) is 0 Å². The zero-order valence-corrected chi connectivity index (χ0v) is 7.57. The maximum atomic E-state index is 11.1. The molecule has 0 aliphatic carbocycles. The first-order valence-corrected chi connectivity index (χ1v) is 3.67. The van der Waals surface area contributed by atoms with Gasteiger partial charge in [0.15, 0.2) is 0 Å². The summed E-state index contributed by atoms with van der Waals surface area (Å²) in [5.41, 5.74) is 0. The first kappa shape index (κ1) is 11.3. The third-order valence-electron chi connectivity index (χ3n) is 1.39. The molecule has 0 aliphatic rings. The summed E-state index contributed by atoms with van der Waals surface area (Å²) in [4.78, 5) is 22.7. The molecule has 0 fully saturated rings. The van der Waals surface area contributed by atoms with Gasteiger partial charge in [0.25, 0.3) is 0 Å². The number of terminal acetylenes is 1. The zero-order chi connectivity index (χ0) is 10.4. The molecule has 72 valence electrons. The van der Waals surface area contributed by atoms with Crippen molar-refractivity contribution >= 4 is 12.0 Å². The fraction of sp³-hybridized carbons (Fsp3) is 0.500. The number of hydrogen-bond donors (Lipinski definition) is 2. The smallest absolute Gasteiger partial charge is 0.325 e. The van der Waals surface area contributed by atoms with E-state index in [1.807, 2.05) is 0 Å². The lowest BCUT2D eigenvalue weighted by atomic mass is 10.3. The number of amides is 2. The van der Waals surface area contributed by atoms with Crippen molar-refractivity contribution in [2.24, 2.45) is 0 Å². The van der Waals surface area contributed by atoms with Crippen LogP contribution in [-0.4, -0.2) is 41.6 Å². The standard InChI is InChI=1S/C8H12N2O3/c1-4-5-10(3)8(13)9-6(2)7(11)12/h1,6H,5H2,2-3H3,(H,9,13)(H,11,12). The number of rotatable bonds is 3. The Morgan fingerprint density at radius 2 is 2.23 bits per heavy atom. The number of carboxylic acid groups (broad SMARTS) is 1. The van der Waals surface area contributed by atoms with Crippen molar-refractivity contribution < 1.29 is 14.7 Å². The topological polar surface area (TPSA) is 69.6 Å². The highest BCUT2D eigenvalue weighted by Crippen LogP contribution is 1.87. The summed E-state index contributed by atoms with van der Waals surface area (Å²) in [6.45, 7) is 1.53. The van der Waals surface area contributed by atoms with E-state index in [1.54, 1.807) is 0 Å². The lowest BCUT2D eigenvalue weighted by molar-refractivity contribution is -0.138. The van der Waals surface area contributed by atoms with Gasteiger partial charge in [-0.2, -0.15) is 0 Å². The van der Waals surface area contributed by atoms with Crippen molar-refractivity contribution in [3.8, 4) is 12.3 Å². The number of hydrogen-bond acceptors (Lipinski definition) is 2. The van der Waals surface area contributed by atoms with Crippen molar-refractivity contribution in [2.45, 2.75) is 13.0 Å². The highest BCUT2D eigenvalue weighted by atomic mass is 16.4. The molecule has 13 heavy (non-hydrogen) atoms. The molecule has 5 nitrogen and oxygen atoms in total. The minimum atomic E-state index is -1.08. The van der Waals surface area contributed by atoms with Crippen LogP contribution in [0.25, 0.3) is 0 Å². The molecule has 2 N–H and O–H groups in total. The van der Waals surface area contributed by atoms with E-state index < -0.39 is 18.0 Å². The summed E-state index contributed by atoms with van der Waals surface area (Å²) < 4.78 is 0. The molecule has 2 amide bonds. The number of carbonyl (C=O) groups is 2. The number of urea groups is 1. The lowest BCUT2D eigenvalue weighted by Crippen LogP contribution is -2.45. The van der Waals surface area contributed by atoms with E-state index in [4.69, 9.17) is 11.5 Å². The highest BCUT2D eigenvalue weighted by Gasteiger charge is 2.15. The summed E-state index contributed by atoms with van der Waals surface area (Å²) >= 11 is 0. The number of nitrogens with zero attached hydrogens (tertiary/aromatic N) is 1. The van der Waals surface area contributed by atoms with Crippen LogP contribution in [0.1, 0.15) is 6.92 Å². The first-order chi connectivity index (χ1) is 5.99. The molecule has 0 aliphatic heterocycles. The van der Waals surface area contributed by atoms with Gasteiger partial charge < -0.3 is 15.3 Å². The van der Waals surface area contributed by atoms with E-state index in [2.05, 4.69) is 11.2 Å². The molecule has 0 saturated carbocycles. The second kappa shape index (κ2) is 5.04. The average molecular weight is 184 g/mol. The van der Waals surface area contributed by atoms with E-state index in [0.29, 0.717) is 0 Å². The van der Waals surface area contributed by atoms with Gasteiger partial charge in [0.05, 0.1) is 6.54 Å². The molecule has 0 saturated heterocycles. The van der Waals surface area contributed by atoms with Crippen molar-refractivity contribution in [1.29, 1.82) is 0 Å². The Hall–Kier alpha value is -1.70. The van der Waals surface area contributed by atoms with Crippen LogP contribution in [0.2, 0.25) is 0 Å². The largest absolute Gasteiger partial charge is 0.480 e. The third kappa shape index (κ3) is 4.01. The van der Waals surface area contributed by atoms with Crippen LogP contribution in [-0.2, 0) is 4.79 Å². The normalized spacial score (nSPS) is 11.2. The summed E-state index contributed by atoms with van der Waals surface area (Å²) in [5.74, 6) is 1.19. The molecule has 0 radical (unpaired) electrons. The van der Waals surface area contributed by atoms with Gasteiger partial charge in [-0.05, 0) is 6.92 Å². The summed E-state index contributed by atoms with van der Waals surface area (Å²) in [5, 5.41) is 10.7. The van der Waals surface area contributed by atoms with E-state index in [1.165, 1.54) is 18.9 Å². The van der Waals surface area contributed by atoms with Crippen LogP contribution in [0.4, 0.5) is 4.79 Å². The fourth-order valence-corrected chi connectivity index (χ4v) is 0.566. The van der Waals surface area contributed by atoms with E-state index in [-0.39, 0.29) is 6.54 Å². The van der Waals surface area contributed by atoms with Gasteiger partial charge in [0.2, 0.25) is 0 Å². The van der Waals surface area contributed by atoms with E-state index >= 15 is 0 Å². The zero-order valence-electron chi connectivity index (χ0n) is 7.57. The van der Waals surface area contributed by atoms with Crippen LogP contribution < -0.4 is 5.32 Å². The second-order valence-corrected chi connectivity index (χ2v) is 2.57. The predicted molar refractivity (Wildman–Crippen MR) is 47.1 cm³/mol. The lowest BCUT2D eigenvalue weighted by Gasteiger charge is -2.16. The van der Waals surface area contributed by atoms with Crippen LogP contribution in [0.5, 0.6) is 0 Å². The minimum Gasteiger partial charge on any atom is -0.480 e. The first-order valence-electron chi connectivity index (χ1n) is 3.67. The van der Waals surface area contributed by atoms with Crippen molar-refractivity contribution in [1.82, 2.24) is 10.2 Å². The van der Waals surface area contributed by atoms with Gasteiger partial charge in [0.1, 0.15) is 6.04 Å². The van der Waals surface area contributed by atoms with Crippen molar-refractivity contribution in [3.05, 3.63) is 0 Å². The summed E-state index contributed by atoms with van der Waals surface area (Å²) in [6.07, 6.45) is 4.97. The number of aliphatic carboxylic acids is 1. The van der Waals surface area contributed by atoms with Crippen LogP contribution in [0.15, 0.2) is 0 Å². The third-order valence-corrected chi connectivity index (χ3v) is 1.39. The van der Waals surface area contributed by atoms with Crippen LogP contribution in [0.3, 0.4) is 0 Å². The van der Waals surface area contributed by atoms with Gasteiger partial charge in [-0.1, -0.05) is 5.92 Å². The maximum Gasteiger partial charge on any atom is 0.325 e. The Morgan fingerprint density at radius 1 is 1.69 bits per heavy atom. The van der Waals surface area contributed by atoms with Gasteiger partial charge >= 0.3 is 12.0 Å². The number of nitrogens with one attached hydrogen (secondary N) is 1. The monoisotopic (exact) mass is 184 g/mol. The Bertz CT molecular complexity index is 244. The molecule has 0 spiro atoms. The molecule has 1 atom stereocenters. The highest BCUT2D eigenvalue weighted by molar-refractivity contribution is 5.82. The molecule has 5 heteroatoms. The Labute approximate surface area is 76.7 Å². The molecule has 0 aromatic heterocycles. The summed E-state index contributed by atoms with van der Waals surface area (Å²) in [6, 6.07) is -1.40. The Kier molecular flexibility index (Phi) is 4.38. The van der Waals surface area contributed by atoms with Crippen LogP contribution >= 0.6 is 0 Å². The SMILES string of the molecule is C#CCN(C)C(=O)NC(C)C(=O)O. The van der Waals surface area contributed by atoms with E-state index in [9.17, 15) is 9.59 Å². The number of carboxylic acids is 1. The van der Waals surface area contributed by atoms with E-state index in [0.717, 1.165) is 0 Å². The molecule has 1 unspecified atom stereocenters. The molecule has 0 heterocycles. The van der Waals surface area contributed by atoms with Gasteiger partial charge in [0, 0.05) is 7.05 Å². The minimum absolute atomic E-state index is 0.151. The predicted octanol–water partition coefficient (Wildman–Crippen LogP) is -0.266. The average Bonchev–Trinajstić information content (AvgIpc) is 2.04. The molecule has 0 bridgehead atoms. The molecular weight excluding hydrogens is 172 g/mol. The molecular formula is C8H12N2O3. The summed E-state index contributed by atoms with van der Waals surface area (Å²) in [7, 11) is 1.49. The van der Waals surface area contributed by atoms with Gasteiger partial charge in [-0.25, -0.2) is 4.79 Å². The molecule has 0 aromatic carbocycles.